The predicted molar refractivity (Wildman–Crippen MR) is 113 cm³/mol. The van der Waals surface area contributed by atoms with Gasteiger partial charge in [-0.3, -0.25) is 9.78 Å². The number of carboxylic acids is 1. The Labute approximate surface area is 173 Å². The minimum Gasteiger partial charge on any atom is -0.481 e. The number of halogens is 1. The molecular formula is C20H27ClN2O4S. The second kappa shape index (κ2) is 11.8. The van der Waals surface area contributed by atoms with Gasteiger partial charge in [-0.25, -0.2) is 8.42 Å². The molecule has 0 amide bonds. The van der Waals surface area contributed by atoms with Gasteiger partial charge in [-0.1, -0.05) is 43.2 Å². The van der Waals surface area contributed by atoms with E-state index in [4.69, 9.17) is 5.11 Å². The molecule has 1 N–H and O–H groups in total. The van der Waals surface area contributed by atoms with Crippen molar-refractivity contribution in [2.24, 2.45) is 0 Å². The fourth-order valence-corrected chi connectivity index (χ4v) is 3.64. The number of hydrogen-bond donors (Lipinski definition) is 1. The maximum atomic E-state index is 12.1. The van der Waals surface area contributed by atoms with Crippen LogP contribution in [0.3, 0.4) is 0 Å². The highest BCUT2D eigenvalue weighted by Crippen LogP contribution is 2.18. The largest absolute Gasteiger partial charge is 0.481 e. The van der Waals surface area contributed by atoms with Crippen LogP contribution in [0.15, 0.2) is 48.7 Å². The molecule has 0 bridgehead atoms. The normalized spacial score (nSPS) is 11.2. The first-order chi connectivity index (χ1) is 12.9. The van der Waals surface area contributed by atoms with Gasteiger partial charge in [0.15, 0.2) is 0 Å². The van der Waals surface area contributed by atoms with E-state index in [0.717, 1.165) is 36.1 Å². The second-order valence-corrected chi connectivity index (χ2v) is 8.55. The highest BCUT2D eigenvalue weighted by molar-refractivity contribution is 7.88. The molecule has 2 aromatic rings. The number of pyridine rings is 1. The Morgan fingerprint density at radius 1 is 1.04 bits per heavy atom. The van der Waals surface area contributed by atoms with Gasteiger partial charge in [0.2, 0.25) is 10.0 Å². The number of aliphatic carboxylic acids is 1. The quantitative estimate of drug-likeness (QED) is 0.549. The van der Waals surface area contributed by atoms with Crippen LogP contribution in [0.2, 0.25) is 0 Å². The lowest BCUT2D eigenvalue weighted by molar-refractivity contribution is -0.137. The van der Waals surface area contributed by atoms with Crippen LogP contribution in [0.4, 0.5) is 0 Å². The number of carboxylic acid groups (broad SMARTS) is 1. The molecule has 0 radical (unpaired) electrons. The summed E-state index contributed by atoms with van der Waals surface area (Å²) in [6, 6.07) is 13.5. The standard InChI is InChI=1S/C20H26N2O4S.ClH/c1-27(25,26)22(15-7-3-2-4-9-20(23)24)16-17-10-12-18(13-11-17)19-8-5-6-14-21-19;/h5-6,8,10-14H,2-4,7,9,15-16H2,1H3,(H,23,24);1H. The number of unbranched alkanes of at least 4 members (excludes halogenated alkanes) is 3. The number of hydrogen-bond acceptors (Lipinski definition) is 4. The topological polar surface area (TPSA) is 87.6 Å². The van der Waals surface area contributed by atoms with Crippen molar-refractivity contribution >= 4 is 28.4 Å². The van der Waals surface area contributed by atoms with Gasteiger partial charge in [-0.15, -0.1) is 12.4 Å². The summed E-state index contributed by atoms with van der Waals surface area (Å²) in [6.07, 6.45) is 6.09. The summed E-state index contributed by atoms with van der Waals surface area (Å²) in [5.41, 5.74) is 2.79. The first kappa shape index (κ1) is 24.1. The predicted octanol–water partition coefficient (Wildman–Crippen LogP) is 3.97. The highest BCUT2D eigenvalue weighted by Gasteiger charge is 2.16. The Balaban J connectivity index is 0.00000392. The van der Waals surface area contributed by atoms with Crippen LogP contribution >= 0.6 is 12.4 Å². The summed E-state index contributed by atoms with van der Waals surface area (Å²) in [5, 5.41) is 8.63. The van der Waals surface area contributed by atoms with Crippen molar-refractivity contribution < 1.29 is 18.3 Å². The van der Waals surface area contributed by atoms with Crippen molar-refractivity contribution in [1.82, 2.24) is 9.29 Å². The molecule has 1 aromatic carbocycles. The van der Waals surface area contributed by atoms with Crippen molar-refractivity contribution in [2.75, 3.05) is 12.8 Å². The summed E-state index contributed by atoms with van der Waals surface area (Å²) in [6.45, 7) is 0.768. The number of sulfonamides is 1. The van der Waals surface area contributed by atoms with Gasteiger partial charge in [-0.2, -0.15) is 4.31 Å². The second-order valence-electron chi connectivity index (χ2n) is 6.57. The molecule has 0 saturated carbocycles. The van der Waals surface area contributed by atoms with Gasteiger partial charge < -0.3 is 5.11 Å². The molecule has 0 spiro atoms. The molecule has 0 fully saturated rings. The van der Waals surface area contributed by atoms with Gasteiger partial charge >= 0.3 is 5.97 Å². The third kappa shape index (κ3) is 8.37. The van der Waals surface area contributed by atoms with Crippen molar-refractivity contribution in [3.05, 3.63) is 54.2 Å². The van der Waals surface area contributed by atoms with Crippen LogP contribution in [0.5, 0.6) is 0 Å². The Morgan fingerprint density at radius 2 is 1.71 bits per heavy atom. The van der Waals surface area contributed by atoms with Gasteiger partial charge in [-0.05, 0) is 30.5 Å². The van der Waals surface area contributed by atoms with Crippen LogP contribution in [-0.2, 0) is 21.4 Å². The fourth-order valence-electron chi connectivity index (χ4n) is 2.80. The van der Waals surface area contributed by atoms with Crippen molar-refractivity contribution in [2.45, 2.75) is 38.6 Å². The van der Waals surface area contributed by atoms with E-state index in [0.29, 0.717) is 19.5 Å². The number of aromatic nitrogens is 1. The maximum Gasteiger partial charge on any atom is 0.303 e. The average Bonchev–Trinajstić information content (AvgIpc) is 2.63. The van der Waals surface area contributed by atoms with Crippen LogP contribution in [0.25, 0.3) is 11.3 Å². The van der Waals surface area contributed by atoms with Gasteiger partial charge in [0.05, 0.1) is 11.9 Å². The van der Waals surface area contributed by atoms with Crippen molar-refractivity contribution in [3.8, 4) is 11.3 Å². The van der Waals surface area contributed by atoms with Crippen LogP contribution in [0, 0.1) is 0 Å². The minimum atomic E-state index is -3.30. The lowest BCUT2D eigenvalue weighted by Crippen LogP contribution is -2.30. The first-order valence-corrected chi connectivity index (χ1v) is 10.9. The molecule has 8 heteroatoms. The molecule has 1 heterocycles. The lowest BCUT2D eigenvalue weighted by atomic mass is 10.1. The van der Waals surface area contributed by atoms with Crippen LogP contribution < -0.4 is 0 Å². The van der Waals surface area contributed by atoms with E-state index in [2.05, 4.69) is 4.98 Å². The van der Waals surface area contributed by atoms with Crippen LogP contribution in [0.1, 0.15) is 37.7 Å². The number of rotatable bonds is 11. The fraction of sp³-hybridized carbons (Fsp3) is 0.400. The zero-order valence-corrected chi connectivity index (χ0v) is 17.6. The van der Waals surface area contributed by atoms with Gasteiger partial charge in [0, 0.05) is 31.3 Å². The van der Waals surface area contributed by atoms with Crippen molar-refractivity contribution in [1.29, 1.82) is 0 Å². The Bertz CT molecular complexity index is 827. The Kier molecular flexibility index (Phi) is 10.1. The van der Waals surface area contributed by atoms with E-state index in [1.54, 1.807) is 6.20 Å². The summed E-state index contributed by atoms with van der Waals surface area (Å²) in [5.74, 6) is -0.790. The highest BCUT2D eigenvalue weighted by atomic mass is 35.5. The average molecular weight is 427 g/mol. The monoisotopic (exact) mass is 426 g/mol. The van der Waals surface area contributed by atoms with E-state index in [1.807, 2.05) is 42.5 Å². The Morgan fingerprint density at radius 3 is 2.29 bits per heavy atom. The number of carbonyl (C=O) groups is 1. The first-order valence-electron chi connectivity index (χ1n) is 9.03. The van der Waals surface area contributed by atoms with E-state index in [1.165, 1.54) is 10.6 Å². The molecule has 1 aromatic heterocycles. The summed E-state index contributed by atoms with van der Waals surface area (Å²) >= 11 is 0. The van der Waals surface area contributed by atoms with E-state index < -0.39 is 16.0 Å². The molecular weight excluding hydrogens is 400 g/mol. The molecule has 2 rings (SSSR count). The molecule has 0 saturated heterocycles. The molecule has 0 aliphatic heterocycles. The molecule has 0 atom stereocenters. The molecule has 0 aliphatic carbocycles. The third-order valence-electron chi connectivity index (χ3n) is 4.29. The smallest absolute Gasteiger partial charge is 0.303 e. The van der Waals surface area contributed by atoms with Crippen molar-refractivity contribution in [3.63, 3.8) is 0 Å². The number of nitrogens with zero attached hydrogens (tertiary/aromatic N) is 2. The minimum absolute atomic E-state index is 0. The number of benzene rings is 1. The van der Waals surface area contributed by atoms with E-state index in [-0.39, 0.29) is 18.8 Å². The van der Waals surface area contributed by atoms with E-state index in [9.17, 15) is 13.2 Å². The summed E-state index contributed by atoms with van der Waals surface area (Å²) in [7, 11) is -3.30. The SMILES string of the molecule is CS(=O)(=O)N(CCCCCCC(=O)O)Cc1ccc(-c2ccccn2)cc1.Cl. The zero-order chi connectivity index (χ0) is 19.7. The van der Waals surface area contributed by atoms with Gasteiger partial charge in [0.25, 0.3) is 0 Å². The third-order valence-corrected chi connectivity index (χ3v) is 5.54. The zero-order valence-electron chi connectivity index (χ0n) is 16.0. The Hall–Kier alpha value is -1.96. The summed E-state index contributed by atoms with van der Waals surface area (Å²) in [4.78, 5) is 14.8. The maximum absolute atomic E-state index is 12.1. The lowest BCUT2D eigenvalue weighted by Gasteiger charge is -2.20. The van der Waals surface area contributed by atoms with Crippen LogP contribution in [-0.4, -0.2) is 41.6 Å². The molecule has 0 aliphatic rings. The van der Waals surface area contributed by atoms with E-state index >= 15 is 0 Å². The van der Waals surface area contributed by atoms with Gasteiger partial charge in [0.1, 0.15) is 0 Å². The molecule has 6 nitrogen and oxygen atoms in total. The summed E-state index contributed by atoms with van der Waals surface area (Å²) < 4.78 is 25.6. The molecule has 28 heavy (non-hydrogen) atoms. The molecule has 154 valence electrons. The molecule has 0 unspecified atom stereocenters.